The van der Waals surface area contributed by atoms with Crippen molar-refractivity contribution in [2.45, 2.75) is 0 Å². The average Bonchev–Trinajstić information content (AvgIpc) is 0.918. The third-order valence-electron chi connectivity index (χ3n) is 0. The van der Waals surface area contributed by atoms with Crippen LogP contribution in [0.25, 0.3) is 0 Å². The molecule has 4 heavy (non-hydrogen) atoms. The summed E-state index contributed by atoms with van der Waals surface area (Å²) in [6.45, 7) is 0. The Morgan fingerprint density at radius 3 is 1.75 bits per heavy atom. The molecule has 0 saturated carbocycles. The van der Waals surface area contributed by atoms with E-state index in [1.807, 2.05) is 0 Å². The number of hydrogen-bond donors (Lipinski definition) is 0. The van der Waals surface area contributed by atoms with E-state index in [1.54, 1.807) is 0 Å². The molecule has 0 aromatic carbocycles. The van der Waals surface area contributed by atoms with Gasteiger partial charge in [0.05, 0.1) is 0 Å². The number of rotatable bonds is 0. The van der Waals surface area contributed by atoms with E-state index in [0.717, 1.165) is 5.34 Å². The SMILES string of the molecule is O=N[O-].[Ir]. The van der Waals surface area contributed by atoms with Gasteiger partial charge >= 0.3 is 0 Å². The van der Waals surface area contributed by atoms with E-state index in [2.05, 4.69) is 0 Å². The molecule has 0 bridgehead atoms. The molecule has 1 radical (unpaired) electrons. The molecule has 0 amide bonds. The zero-order chi connectivity index (χ0) is 2.71. The third-order valence-corrected chi connectivity index (χ3v) is 0. The zero-order valence-electron chi connectivity index (χ0n) is 1.60. The molecule has 0 heterocycles. The minimum absolute atomic E-state index is 0. The van der Waals surface area contributed by atoms with Gasteiger partial charge in [0, 0.05) is 20.1 Å². The fourth-order valence-electron chi connectivity index (χ4n) is 0. The average molecular weight is 238 g/mol. The van der Waals surface area contributed by atoms with Crippen LogP contribution in [0.4, 0.5) is 0 Å². The molecule has 4 heteroatoms. The van der Waals surface area contributed by atoms with E-state index in [4.69, 9.17) is 10.1 Å². The summed E-state index contributed by atoms with van der Waals surface area (Å²) in [5.74, 6) is 0. The summed E-state index contributed by atoms with van der Waals surface area (Å²) in [5, 5.41) is 9.00. The fourth-order valence-corrected chi connectivity index (χ4v) is 0. The molecule has 0 atom stereocenters. The van der Waals surface area contributed by atoms with Crippen LogP contribution >= 0.6 is 0 Å². The van der Waals surface area contributed by atoms with E-state index in [1.165, 1.54) is 0 Å². The molecule has 0 aromatic heterocycles. The fraction of sp³-hybridized carbons (Fsp3) is 0. The van der Waals surface area contributed by atoms with Gasteiger partial charge in [0.15, 0.2) is 0 Å². The Morgan fingerprint density at radius 2 is 1.75 bits per heavy atom. The van der Waals surface area contributed by atoms with Gasteiger partial charge in [-0.25, -0.2) is 0 Å². The minimum Gasteiger partial charge on any atom is -0.444 e. The van der Waals surface area contributed by atoms with E-state index in [0.29, 0.717) is 0 Å². The Hall–Kier alpha value is 0.0494. The van der Waals surface area contributed by atoms with Crippen LogP contribution in [0.3, 0.4) is 0 Å². The first kappa shape index (κ1) is 8.97. The molecule has 27 valence electrons. The van der Waals surface area contributed by atoms with Gasteiger partial charge in [0.2, 0.25) is 0 Å². The van der Waals surface area contributed by atoms with Crippen LogP contribution in [0.1, 0.15) is 0 Å². The van der Waals surface area contributed by atoms with Crippen molar-refractivity contribution in [1.82, 2.24) is 0 Å². The molecule has 0 aliphatic carbocycles. The van der Waals surface area contributed by atoms with Crippen LogP contribution in [0.5, 0.6) is 0 Å². The van der Waals surface area contributed by atoms with Gasteiger partial charge in [0.1, 0.15) is 0 Å². The largest absolute Gasteiger partial charge is 0.444 e. The van der Waals surface area contributed by atoms with Crippen LogP contribution in [-0.2, 0) is 20.1 Å². The van der Waals surface area contributed by atoms with Gasteiger partial charge in [0.25, 0.3) is 0 Å². The monoisotopic (exact) mass is 239 g/mol. The quantitative estimate of drug-likeness (QED) is 0.448. The minimum atomic E-state index is 0. The van der Waals surface area contributed by atoms with Gasteiger partial charge < -0.3 is 10.1 Å². The summed E-state index contributed by atoms with van der Waals surface area (Å²) < 4.78 is 0. The first-order valence-corrected chi connectivity index (χ1v) is 0.365. The summed E-state index contributed by atoms with van der Waals surface area (Å²) in [7, 11) is 0. The first-order valence-electron chi connectivity index (χ1n) is 0.365. The van der Waals surface area contributed by atoms with Crippen molar-refractivity contribution in [1.29, 1.82) is 0 Å². The first-order chi connectivity index (χ1) is 1.41. The maximum atomic E-state index is 8.00. The topological polar surface area (TPSA) is 52.5 Å². The van der Waals surface area contributed by atoms with Crippen molar-refractivity contribution in [3.8, 4) is 0 Å². The van der Waals surface area contributed by atoms with Gasteiger partial charge in [-0.2, -0.15) is 0 Å². The molecule has 0 saturated heterocycles. The van der Waals surface area contributed by atoms with Gasteiger partial charge in [-0.15, -0.1) is 5.34 Å². The Labute approximate surface area is 36.3 Å². The number of hydrogen-bond acceptors (Lipinski definition) is 3. The second-order valence-corrected chi connectivity index (χ2v) is 0.0745. The van der Waals surface area contributed by atoms with E-state index >= 15 is 0 Å². The summed E-state index contributed by atoms with van der Waals surface area (Å²) in [5.41, 5.74) is 0. The maximum Gasteiger partial charge on any atom is 0 e. The summed E-state index contributed by atoms with van der Waals surface area (Å²) in [6.07, 6.45) is 0. The van der Waals surface area contributed by atoms with Crippen LogP contribution in [0.15, 0.2) is 5.34 Å². The Balaban J connectivity index is 0. The molecule has 0 aliphatic heterocycles. The molecule has 0 N–H and O–H groups in total. The molecular weight excluding hydrogens is 238 g/mol. The van der Waals surface area contributed by atoms with Crippen molar-refractivity contribution in [2.24, 2.45) is 5.34 Å². The Bertz CT molecular complexity index is 13.5. The summed E-state index contributed by atoms with van der Waals surface area (Å²) in [6, 6.07) is 0. The second-order valence-electron chi connectivity index (χ2n) is 0.0745. The normalized spacial score (nSPS) is 3.00. The van der Waals surface area contributed by atoms with E-state index in [9.17, 15) is 0 Å². The zero-order valence-corrected chi connectivity index (χ0v) is 3.99. The Morgan fingerprint density at radius 1 is 1.75 bits per heavy atom. The predicted molar refractivity (Wildman–Crippen MR) is 9.16 cm³/mol. The molecule has 0 fully saturated rings. The molecular formula is IrNO2-. The molecule has 0 unspecified atom stereocenters. The van der Waals surface area contributed by atoms with E-state index in [-0.39, 0.29) is 20.1 Å². The van der Waals surface area contributed by atoms with Gasteiger partial charge in [-0.05, 0) is 0 Å². The van der Waals surface area contributed by atoms with Crippen molar-refractivity contribution in [3.05, 3.63) is 10.1 Å². The number of nitrogens with zero attached hydrogens (tertiary/aromatic N) is 1. The van der Waals surface area contributed by atoms with Crippen molar-refractivity contribution < 1.29 is 20.1 Å². The molecule has 0 spiro atoms. The standard InChI is InChI=1S/Ir.HNO2/c;2-1-3/h;(H,2,3)/p-1. The maximum absolute atomic E-state index is 8.00. The molecule has 0 aliphatic rings. The predicted octanol–water partition coefficient (Wildman–Crippen LogP) is 0.248. The van der Waals surface area contributed by atoms with Gasteiger partial charge in [-0.1, -0.05) is 0 Å². The van der Waals surface area contributed by atoms with E-state index < -0.39 is 0 Å². The van der Waals surface area contributed by atoms with Crippen LogP contribution < -0.4 is 0 Å². The Kier molecular flexibility index (Phi) is 26.1. The third kappa shape index (κ3) is 927. The van der Waals surface area contributed by atoms with Crippen LogP contribution in [0, 0.1) is 10.1 Å². The smallest absolute Gasteiger partial charge is 0 e. The second kappa shape index (κ2) is 11.6. The van der Waals surface area contributed by atoms with Crippen LogP contribution in [0.2, 0.25) is 0 Å². The summed E-state index contributed by atoms with van der Waals surface area (Å²) in [4.78, 5) is 8.00. The molecule has 0 rings (SSSR count). The van der Waals surface area contributed by atoms with Crippen molar-refractivity contribution in [2.75, 3.05) is 0 Å². The molecule has 3 nitrogen and oxygen atoms in total. The van der Waals surface area contributed by atoms with Crippen LogP contribution in [-0.4, -0.2) is 0 Å². The van der Waals surface area contributed by atoms with Crippen molar-refractivity contribution in [3.63, 3.8) is 0 Å². The van der Waals surface area contributed by atoms with Gasteiger partial charge in [-0.3, -0.25) is 0 Å². The van der Waals surface area contributed by atoms with Crippen molar-refractivity contribution >= 4 is 0 Å². The molecule has 0 aromatic rings. The summed E-state index contributed by atoms with van der Waals surface area (Å²) >= 11 is 0.